The van der Waals surface area contributed by atoms with Crippen molar-refractivity contribution in [2.45, 2.75) is 129 Å². The van der Waals surface area contributed by atoms with Crippen LogP contribution < -0.4 is 22.1 Å². The Bertz CT molecular complexity index is 998. The molecule has 0 fully saturated rings. The summed E-state index contributed by atoms with van der Waals surface area (Å²) in [6, 6.07) is -0.502. The average molecular weight is 641 g/mol. The van der Waals surface area contributed by atoms with Crippen LogP contribution in [0, 0.1) is 0 Å². The summed E-state index contributed by atoms with van der Waals surface area (Å²) in [4.78, 5) is 50.7. The van der Waals surface area contributed by atoms with E-state index in [0.29, 0.717) is 24.2 Å². The maximum Gasteiger partial charge on any atom is 0.248 e. The molecule has 2 aliphatic rings. The molecule has 2 rings (SSSR count). The first-order valence-corrected chi connectivity index (χ1v) is 17.6. The van der Waals surface area contributed by atoms with E-state index in [2.05, 4.69) is 10.6 Å². The molecule has 2 atom stereocenters. The fraction of sp³-hybridized carbons (Fsp3) is 0.667. The van der Waals surface area contributed by atoms with Gasteiger partial charge in [0, 0.05) is 36.6 Å². The van der Waals surface area contributed by atoms with E-state index in [4.69, 9.17) is 11.5 Å². The summed E-state index contributed by atoms with van der Waals surface area (Å²) in [5.74, 6) is -0.926. The van der Waals surface area contributed by atoms with Crippen LogP contribution in [0.5, 0.6) is 0 Å². The van der Waals surface area contributed by atoms with E-state index < -0.39 is 11.8 Å². The first-order valence-electron chi connectivity index (χ1n) is 17.6. The Morgan fingerprint density at radius 2 is 0.848 bits per heavy atom. The average Bonchev–Trinajstić information content (AvgIpc) is 3.06. The Morgan fingerprint density at radius 1 is 0.565 bits per heavy atom. The van der Waals surface area contributed by atoms with Crippen molar-refractivity contribution < 1.29 is 19.2 Å². The molecule has 4 amide bonds. The van der Waals surface area contributed by atoms with Crippen LogP contribution >= 0.6 is 0 Å². The van der Waals surface area contributed by atoms with Gasteiger partial charge in [-0.25, -0.2) is 0 Å². The van der Waals surface area contributed by atoms with E-state index in [9.17, 15) is 19.2 Å². The van der Waals surface area contributed by atoms with Crippen molar-refractivity contribution in [3.05, 3.63) is 47.9 Å². The number of nitrogens with zero attached hydrogens (tertiary/aromatic N) is 2. The van der Waals surface area contributed by atoms with Gasteiger partial charge in [-0.2, -0.15) is 0 Å². The Hall–Kier alpha value is -3.24. The van der Waals surface area contributed by atoms with Crippen molar-refractivity contribution in [1.82, 2.24) is 20.4 Å². The van der Waals surface area contributed by atoms with Crippen LogP contribution in [0.3, 0.4) is 0 Å². The highest BCUT2D eigenvalue weighted by Crippen LogP contribution is 2.14. The lowest BCUT2D eigenvalue weighted by molar-refractivity contribution is -0.130. The lowest BCUT2D eigenvalue weighted by Crippen LogP contribution is -2.43. The standard InChI is InChI=1S/C36H60N6O4/c1-29(35(45)41-25-19-31(20-26-41)33(37)43)39-23-17-15-13-11-9-7-5-3-4-6-8-10-12-14-16-18-24-40-30(2)36(46)42-27-21-32(22-28-42)34(38)44/h19-22,25,27,29-30,39-40H,3-18,23-24,26,28H2,1-2H3,(H2,37,43)(H2,38,44). The zero-order valence-electron chi connectivity index (χ0n) is 28.4. The van der Waals surface area contributed by atoms with Gasteiger partial charge in [-0.15, -0.1) is 0 Å². The second-order valence-electron chi connectivity index (χ2n) is 12.7. The van der Waals surface area contributed by atoms with E-state index in [1.807, 2.05) is 13.8 Å². The predicted octanol–water partition coefficient (Wildman–Crippen LogP) is 4.72. The third-order valence-corrected chi connectivity index (χ3v) is 8.76. The fourth-order valence-electron chi connectivity index (χ4n) is 5.72. The molecule has 46 heavy (non-hydrogen) atoms. The van der Waals surface area contributed by atoms with Crippen molar-refractivity contribution in [3.63, 3.8) is 0 Å². The van der Waals surface area contributed by atoms with Gasteiger partial charge in [0.25, 0.3) is 0 Å². The van der Waals surface area contributed by atoms with Gasteiger partial charge in [0.2, 0.25) is 23.6 Å². The topological polar surface area (TPSA) is 151 Å². The number of nitrogens with one attached hydrogen (secondary N) is 2. The van der Waals surface area contributed by atoms with Gasteiger partial charge >= 0.3 is 0 Å². The Kier molecular flexibility index (Phi) is 19.6. The Balaban J connectivity index is 1.29. The summed E-state index contributed by atoms with van der Waals surface area (Å²) in [5, 5.41) is 6.65. The number of primary amides is 2. The molecule has 0 aromatic rings. The monoisotopic (exact) mass is 640 g/mol. The van der Waals surface area contributed by atoms with Gasteiger partial charge in [-0.3, -0.25) is 19.2 Å². The number of unbranched alkanes of at least 4 members (excludes halogenated alkanes) is 15. The zero-order chi connectivity index (χ0) is 33.6. The molecule has 10 heteroatoms. The lowest BCUT2D eigenvalue weighted by atomic mass is 10.0. The molecule has 2 aliphatic heterocycles. The molecule has 2 heterocycles. The molecule has 0 aliphatic carbocycles. The molecule has 0 radical (unpaired) electrons. The number of rotatable bonds is 25. The number of nitrogens with two attached hydrogens (primary N) is 2. The minimum atomic E-state index is -0.469. The molecular formula is C36H60N6O4. The van der Waals surface area contributed by atoms with Gasteiger partial charge in [0.1, 0.15) is 0 Å². The van der Waals surface area contributed by atoms with Gasteiger partial charge in [0.05, 0.1) is 12.1 Å². The summed E-state index contributed by atoms with van der Waals surface area (Å²) in [7, 11) is 0. The van der Waals surface area contributed by atoms with Gasteiger partial charge in [-0.1, -0.05) is 102 Å². The maximum absolute atomic E-state index is 12.5. The zero-order valence-corrected chi connectivity index (χ0v) is 28.4. The third kappa shape index (κ3) is 15.9. The predicted molar refractivity (Wildman–Crippen MR) is 185 cm³/mol. The number of hydrogen-bond donors (Lipinski definition) is 4. The largest absolute Gasteiger partial charge is 0.366 e. The molecule has 6 N–H and O–H groups in total. The summed E-state index contributed by atoms with van der Waals surface area (Å²) >= 11 is 0. The first-order chi connectivity index (χ1) is 22.2. The molecule has 0 aromatic heterocycles. The minimum absolute atomic E-state index is 0.00619. The maximum atomic E-state index is 12.5. The van der Waals surface area contributed by atoms with Crippen molar-refractivity contribution >= 4 is 23.6 Å². The van der Waals surface area contributed by atoms with Crippen LogP contribution in [0.2, 0.25) is 0 Å². The normalized spacial score (nSPS) is 15.8. The second-order valence-corrected chi connectivity index (χ2v) is 12.7. The van der Waals surface area contributed by atoms with E-state index in [1.54, 1.807) is 46.5 Å². The van der Waals surface area contributed by atoms with Crippen molar-refractivity contribution in [1.29, 1.82) is 0 Å². The summed E-state index contributed by atoms with van der Waals surface area (Å²) in [6.45, 7) is 6.21. The fourth-order valence-corrected chi connectivity index (χ4v) is 5.72. The summed E-state index contributed by atoms with van der Waals surface area (Å²) in [5.41, 5.74) is 11.4. The molecule has 0 bridgehead atoms. The Morgan fingerprint density at radius 3 is 1.09 bits per heavy atom. The Labute approximate surface area is 277 Å². The minimum Gasteiger partial charge on any atom is -0.366 e. The lowest BCUT2D eigenvalue weighted by Gasteiger charge is -2.24. The van der Waals surface area contributed by atoms with Crippen LogP contribution in [-0.4, -0.2) is 71.7 Å². The van der Waals surface area contributed by atoms with Crippen molar-refractivity contribution in [3.8, 4) is 0 Å². The molecule has 0 saturated heterocycles. The van der Waals surface area contributed by atoms with Crippen LogP contribution in [0.4, 0.5) is 0 Å². The van der Waals surface area contributed by atoms with E-state index >= 15 is 0 Å². The summed E-state index contributed by atoms with van der Waals surface area (Å²) in [6.07, 6.45) is 30.1. The second kappa shape index (κ2) is 23.1. The first kappa shape index (κ1) is 38.9. The molecule has 10 nitrogen and oxygen atoms in total. The third-order valence-electron chi connectivity index (χ3n) is 8.76. The summed E-state index contributed by atoms with van der Waals surface area (Å²) < 4.78 is 0. The molecular weight excluding hydrogens is 580 g/mol. The van der Waals surface area contributed by atoms with Crippen LogP contribution in [0.25, 0.3) is 0 Å². The van der Waals surface area contributed by atoms with Gasteiger partial charge < -0.3 is 31.9 Å². The molecule has 258 valence electrons. The van der Waals surface area contributed by atoms with Gasteiger partial charge in [-0.05, 0) is 51.9 Å². The SMILES string of the molecule is CC(NCCCCCCCCCCCCCCCCCCNC(C)C(=O)N1C=CC(C(N)=O)=CC1)C(=O)N1C=CC(C(N)=O)=CC1. The van der Waals surface area contributed by atoms with Crippen LogP contribution in [-0.2, 0) is 19.2 Å². The number of carbonyl (C=O) groups is 4. The van der Waals surface area contributed by atoms with E-state index in [0.717, 1.165) is 25.9 Å². The molecule has 0 aromatic carbocycles. The smallest absolute Gasteiger partial charge is 0.248 e. The molecule has 2 unspecified atom stereocenters. The van der Waals surface area contributed by atoms with E-state index in [1.165, 1.54) is 89.9 Å². The quantitative estimate of drug-likeness (QED) is 0.106. The van der Waals surface area contributed by atoms with Crippen LogP contribution in [0.15, 0.2) is 47.9 Å². The molecule has 0 saturated carbocycles. The molecule has 0 spiro atoms. The number of amides is 4. The number of carbonyl (C=O) groups excluding carboxylic acids is 4. The highest BCUT2D eigenvalue weighted by atomic mass is 16.2. The number of hydrogen-bond acceptors (Lipinski definition) is 6. The van der Waals surface area contributed by atoms with Gasteiger partial charge in [0.15, 0.2) is 0 Å². The van der Waals surface area contributed by atoms with Crippen LogP contribution in [0.1, 0.15) is 117 Å². The van der Waals surface area contributed by atoms with E-state index in [-0.39, 0.29) is 23.9 Å². The highest BCUT2D eigenvalue weighted by Gasteiger charge is 2.21. The van der Waals surface area contributed by atoms with Crippen molar-refractivity contribution in [2.75, 3.05) is 26.2 Å². The van der Waals surface area contributed by atoms with Crippen molar-refractivity contribution in [2.24, 2.45) is 11.5 Å². The highest BCUT2D eigenvalue weighted by molar-refractivity contribution is 5.96.